The third kappa shape index (κ3) is 1.63. The van der Waals surface area contributed by atoms with Crippen LogP contribution in [0.3, 0.4) is 0 Å². The topological polar surface area (TPSA) is 68.8 Å². The monoisotopic (exact) mass is 207 g/mol. The highest BCUT2D eigenvalue weighted by Crippen LogP contribution is 2.14. The molecular formula is C9H13N5O. The number of aliphatic hydroxyl groups excluding tert-OH is 1. The summed E-state index contributed by atoms with van der Waals surface area (Å²) in [6.45, 7) is 1.91. The average Bonchev–Trinajstić information content (AvgIpc) is 2.82. The largest absolute Gasteiger partial charge is 0.388 e. The van der Waals surface area contributed by atoms with Gasteiger partial charge in [0.25, 0.3) is 0 Å². The van der Waals surface area contributed by atoms with Gasteiger partial charge in [-0.3, -0.25) is 9.25 Å². The fourth-order valence-electron chi connectivity index (χ4n) is 1.54. The number of rotatable bonds is 3. The van der Waals surface area contributed by atoms with Gasteiger partial charge >= 0.3 is 0 Å². The zero-order chi connectivity index (χ0) is 10.8. The number of aliphatic hydroxyl groups is 1. The van der Waals surface area contributed by atoms with Gasteiger partial charge in [0, 0.05) is 13.2 Å². The SMILES string of the molecule is CCc1nn(C)cc1-n1cnnc1CO. The van der Waals surface area contributed by atoms with Crippen molar-refractivity contribution in [3.05, 3.63) is 24.0 Å². The van der Waals surface area contributed by atoms with Crippen molar-refractivity contribution in [1.29, 1.82) is 0 Å². The second-order valence-electron chi connectivity index (χ2n) is 3.26. The first-order valence-electron chi connectivity index (χ1n) is 4.79. The van der Waals surface area contributed by atoms with Crippen molar-refractivity contribution in [2.24, 2.45) is 7.05 Å². The van der Waals surface area contributed by atoms with E-state index in [0.29, 0.717) is 5.82 Å². The van der Waals surface area contributed by atoms with Crippen LogP contribution in [0.15, 0.2) is 12.5 Å². The van der Waals surface area contributed by atoms with Crippen LogP contribution in [-0.4, -0.2) is 29.7 Å². The smallest absolute Gasteiger partial charge is 0.163 e. The van der Waals surface area contributed by atoms with Gasteiger partial charge in [-0.15, -0.1) is 10.2 Å². The third-order valence-corrected chi connectivity index (χ3v) is 2.24. The lowest BCUT2D eigenvalue weighted by Gasteiger charge is -2.02. The molecule has 0 bridgehead atoms. The Morgan fingerprint density at radius 3 is 2.93 bits per heavy atom. The maximum atomic E-state index is 9.09. The fraction of sp³-hybridized carbons (Fsp3) is 0.444. The maximum Gasteiger partial charge on any atom is 0.163 e. The molecular weight excluding hydrogens is 194 g/mol. The van der Waals surface area contributed by atoms with Crippen LogP contribution in [0.2, 0.25) is 0 Å². The molecule has 0 aliphatic rings. The summed E-state index contributed by atoms with van der Waals surface area (Å²) < 4.78 is 3.50. The van der Waals surface area contributed by atoms with Gasteiger partial charge in [-0.25, -0.2) is 0 Å². The highest BCUT2D eigenvalue weighted by atomic mass is 16.3. The van der Waals surface area contributed by atoms with Crippen LogP contribution in [0, 0.1) is 0 Å². The Morgan fingerprint density at radius 2 is 2.27 bits per heavy atom. The molecule has 15 heavy (non-hydrogen) atoms. The van der Waals surface area contributed by atoms with Crippen LogP contribution >= 0.6 is 0 Å². The summed E-state index contributed by atoms with van der Waals surface area (Å²) in [6.07, 6.45) is 4.31. The van der Waals surface area contributed by atoms with Gasteiger partial charge in [0.2, 0.25) is 0 Å². The summed E-state index contributed by atoms with van der Waals surface area (Å²) in [4.78, 5) is 0. The molecule has 0 atom stereocenters. The molecule has 2 aromatic rings. The van der Waals surface area contributed by atoms with Gasteiger partial charge in [-0.05, 0) is 6.42 Å². The normalized spacial score (nSPS) is 10.9. The van der Waals surface area contributed by atoms with Gasteiger partial charge in [-0.2, -0.15) is 5.10 Å². The molecule has 0 amide bonds. The first kappa shape index (κ1) is 9.85. The van der Waals surface area contributed by atoms with E-state index in [1.54, 1.807) is 15.6 Å². The van der Waals surface area contributed by atoms with Crippen molar-refractivity contribution in [2.45, 2.75) is 20.0 Å². The van der Waals surface area contributed by atoms with Gasteiger partial charge in [0.15, 0.2) is 5.82 Å². The number of aryl methyl sites for hydroxylation is 2. The first-order valence-corrected chi connectivity index (χ1v) is 4.79. The predicted octanol–water partition coefficient (Wildman–Crippen LogP) is 0.0555. The minimum absolute atomic E-state index is 0.127. The molecule has 2 rings (SSSR count). The summed E-state index contributed by atoms with van der Waals surface area (Å²) in [5.41, 5.74) is 1.89. The minimum atomic E-state index is -0.127. The Kier molecular flexibility index (Phi) is 2.51. The average molecular weight is 207 g/mol. The molecule has 0 unspecified atom stereocenters. The summed E-state index contributed by atoms with van der Waals surface area (Å²) in [7, 11) is 1.87. The highest BCUT2D eigenvalue weighted by Gasteiger charge is 2.11. The van der Waals surface area contributed by atoms with Gasteiger partial charge in [0.05, 0.1) is 11.4 Å². The van der Waals surface area contributed by atoms with E-state index < -0.39 is 0 Å². The molecule has 0 aliphatic carbocycles. The van der Waals surface area contributed by atoms with E-state index in [0.717, 1.165) is 17.8 Å². The molecule has 0 saturated carbocycles. The Balaban J connectivity index is 2.52. The van der Waals surface area contributed by atoms with E-state index in [-0.39, 0.29) is 6.61 Å². The second-order valence-corrected chi connectivity index (χ2v) is 3.26. The Hall–Kier alpha value is -1.69. The van der Waals surface area contributed by atoms with Gasteiger partial charge in [-0.1, -0.05) is 6.92 Å². The zero-order valence-corrected chi connectivity index (χ0v) is 8.75. The molecule has 0 aromatic carbocycles. The van der Waals surface area contributed by atoms with Gasteiger partial charge < -0.3 is 5.11 Å². The van der Waals surface area contributed by atoms with E-state index in [2.05, 4.69) is 15.3 Å². The summed E-state index contributed by atoms with van der Waals surface area (Å²) in [5.74, 6) is 0.526. The van der Waals surface area contributed by atoms with Crippen molar-refractivity contribution >= 4 is 0 Å². The van der Waals surface area contributed by atoms with Crippen molar-refractivity contribution in [1.82, 2.24) is 24.5 Å². The third-order valence-electron chi connectivity index (χ3n) is 2.24. The molecule has 0 saturated heterocycles. The van der Waals surface area contributed by atoms with E-state index in [1.165, 1.54) is 0 Å². The van der Waals surface area contributed by atoms with E-state index >= 15 is 0 Å². The lowest BCUT2D eigenvalue weighted by Crippen LogP contribution is -2.01. The predicted molar refractivity (Wildman–Crippen MR) is 53.4 cm³/mol. The molecule has 2 aromatic heterocycles. The summed E-state index contributed by atoms with van der Waals surface area (Å²) in [5, 5.41) is 21.0. The van der Waals surface area contributed by atoms with Gasteiger partial charge in [0.1, 0.15) is 12.9 Å². The Bertz CT molecular complexity index is 459. The number of hydrogen-bond donors (Lipinski definition) is 1. The Morgan fingerprint density at radius 1 is 1.47 bits per heavy atom. The maximum absolute atomic E-state index is 9.09. The van der Waals surface area contributed by atoms with Crippen LogP contribution < -0.4 is 0 Å². The standard InChI is InChI=1S/C9H13N5O/c1-3-7-8(4-13(2)12-7)14-6-10-11-9(14)5-15/h4,6,15H,3,5H2,1-2H3. The van der Waals surface area contributed by atoms with Crippen LogP contribution in [0.4, 0.5) is 0 Å². The molecule has 0 aliphatic heterocycles. The lowest BCUT2D eigenvalue weighted by molar-refractivity contribution is 0.269. The van der Waals surface area contributed by atoms with Crippen LogP contribution in [-0.2, 0) is 20.1 Å². The minimum Gasteiger partial charge on any atom is -0.388 e. The first-order chi connectivity index (χ1) is 7.26. The second kappa shape index (κ2) is 3.82. The summed E-state index contributed by atoms with van der Waals surface area (Å²) in [6, 6.07) is 0. The molecule has 0 fully saturated rings. The number of hydrogen-bond acceptors (Lipinski definition) is 4. The van der Waals surface area contributed by atoms with Crippen LogP contribution in [0.25, 0.3) is 5.69 Å². The fourth-order valence-corrected chi connectivity index (χ4v) is 1.54. The number of nitrogens with zero attached hydrogens (tertiary/aromatic N) is 5. The van der Waals surface area contributed by atoms with E-state index in [1.807, 2.05) is 20.2 Å². The highest BCUT2D eigenvalue weighted by molar-refractivity contribution is 5.35. The molecule has 80 valence electrons. The van der Waals surface area contributed by atoms with Crippen molar-refractivity contribution in [2.75, 3.05) is 0 Å². The van der Waals surface area contributed by atoms with E-state index in [9.17, 15) is 0 Å². The lowest BCUT2D eigenvalue weighted by atomic mass is 10.3. The Labute approximate surface area is 87.2 Å². The molecule has 1 N–H and O–H groups in total. The molecule has 2 heterocycles. The van der Waals surface area contributed by atoms with Crippen molar-refractivity contribution in [3.8, 4) is 5.69 Å². The van der Waals surface area contributed by atoms with E-state index in [4.69, 9.17) is 5.11 Å². The molecule has 0 spiro atoms. The summed E-state index contributed by atoms with van der Waals surface area (Å²) >= 11 is 0. The zero-order valence-electron chi connectivity index (χ0n) is 8.75. The molecule has 6 nitrogen and oxygen atoms in total. The molecule has 0 radical (unpaired) electrons. The quantitative estimate of drug-likeness (QED) is 0.772. The number of aromatic nitrogens is 5. The van der Waals surface area contributed by atoms with Crippen LogP contribution in [0.1, 0.15) is 18.4 Å². The molecule has 6 heteroatoms. The van der Waals surface area contributed by atoms with Crippen molar-refractivity contribution < 1.29 is 5.11 Å². The van der Waals surface area contributed by atoms with Crippen LogP contribution in [0.5, 0.6) is 0 Å². The van der Waals surface area contributed by atoms with Crippen molar-refractivity contribution in [3.63, 3.8) is 0 Å².